The SMILES string of the molecule is CC(=O)N1CCC(CC#N)(n2cc(C(C)C)cn2)C1. The van der Waals surface area contributed by atoms with Gasteiger partial charge in [0.1, 0.15) is 0 Å². The quantitative estimate of drug-likeness (QED) is 0.833. The van der Waals surface area contributed by atoms with E-state index in [1.807, 2.05) is 17.1 Å². The van der Waals surface area contributed by atoms with Crippen molar-refractivity contribution in [2.24, 2.45) is 0 Å². The van der Waals surface area contributed by atoms with Crippen LogP contribution in [-0.2, 0) is 10.3 Å². The van der Waals surface area contributed by atoms with Gasteiger partial charge in [-0.3, -0.25) is 9.48 Å². The Bertz CT molecular complexity index is 514. The van der Waals surface area contributed by atoms with Gasteiger partial charge in [-0.1, -0.05) is 13.8 Å². The summed E-state index contributed by atoms with van der Waals surface area (Å²) in [5.74, 6) is 0.481. The Morgan fingerprint density at radius 1 is 1.63 bits per heavy atom. The monoisotopic (exact) mass is 260 g/mol. The lowest BCUT2D eigenvalue weighted by molar-refractivity contribution is -0.128. The van der Waals surface area contributed by atoms with Gasteiger partial charge in [0.25, 0.3) is 0 Å². The average molecular weight is 260 g/mol. The summed E-state index contributed by atoms with van der Waals surface area (Å²) in [4.78, 5) is 13.3. The molecule has 0 aliphatic carbocycles. The number of nitrogens with zero attached hydrogens (tertiary/aromatic N) is 4. The molecule has 0 bridgehead atoms. The van der Waals surface area contributed by atoms with E-state index in [2.05, 4.69) is 25.0 Å². The average Bonchev–Trinajstić information content (AvgIpc) is 2.95. The first-order chi connectivity index (χ1) is 8.98. The first-order valence-electron chi connectivity index (χ1n) is 6.66. The molecular formula is C14H20N4O. The van der Waals surface area contributed by atoms with Gasteiger partial charge in [0, 0.05) is 26.2 Å². The molecule has 0 radical (unpaired) electrons. The molecule has 1 atom stereocenters. The summed E-state index contributed by atoms with van der Waals surface area (Å²) >= 11 is 0. The molecule has 1 fully saturated rings. The summed E-state index contributed by atoms with van der Waals surface area (Å²) in [5.41, 5.74) is 0.812. The van der Waals surface area contributed by atoms with Crippen LogP contribution >= 0.6 is 0 Å². The molecule has 0 saturated carbocycles. The molecule has 1 aromatic heterocycles. The number of carbonyl (C=O) groups excluding carboxylic acids is 1. The zero-order valence-corrected chi connectivity index (χ0v) is 11.8. The van der Waals surface area contributed by atoms with Crippen molar-refractivity contribution in [3.05, 3.63) is 18.0 Å². The fraction of sp³-hybridized carbons (Fsp3) is 0.643. The third kappa shape index (κ3) is 2.48. The molecule has 19 heavy (non-hydrogen) atoms. The number of nitriles is 1. The highest BCUT2D eigenvalue weighted by Gasteiger charge is 2.41. The first kappa shape index (κ1) is 13.6. The Morgan fingerprint density at radius 2 is 2.37 bits per heavy atom. The lowest BCUT2D eigenvalue weighted by Crippen LogP contribution is -2.38. The molecule has 1 aliphatic rings. The van der Waals surface area contributed by atoms with E-state index < -0.39 is 0 Å². The molecule has 1 aromatic rings. The van der Waals surface area contributed by atoms with Gasteiger partial charge in [-0.05, 0) is 17.9 Å². The van der Waals surface area contributed by atoms with E-state index in [0.29, 0.717) is 25.4 Å². The van der Waals surface area contributed by atoms with E-state index in [0.717, 1.165) is 6.42 Å². The topological polar surface area (TPSA) is 61.9 Å². The van der Waals surface area contributed by atoms with Crippen molar-refractivity contribution in [2.75, 3.05) is 13.1 Å². The standard InChI is InChI=1S/C14H20N4O/c1-11(2)13-8-16-18(9-13)14(4-6-15)5-7-17(10-14)12(3)19/h8-9,11H,4-5,7,10H2,1-3H3. The van der Waals surface area contributed by atoms with Gasteiger partial charge >= 0.3 is 0 Å². The summed E-state index contributed by atoms with van der Waals surface area (Å²) < 4.78 is 1.90. The molecule has 102 valence electrons. The normalized spacial score (nSPS) is 22.8. The largest absolute Gasteiger partial charge is 0.340 e. The number of aromatic nitrogens is 2. The minimum absolute atomic E-state index is 0.0658. The van der Waals surface area contributed by atoms with E-state index in [1.54, 1.807) is 11.8 Å². The van der Waals surface area contributed by atoms with Crippen molar-refractivity contribution in [3.8, 4) is 6.07 Å². The van der Waals surface area contributed by atoms with Crippen molar-refractivity contribution in [2.45, 2.75) is 45.1 Å². The lowest BCUT2D eigenvalue weighted by Gasteiger charge is -2.27. The highest BCUT2D eigenvalue weighted by atomic mass is 16.2. The minimum atomic E-state index is -0.354. The number of amides is 1. The van der Waals surface area contributed by atoms with Crippen molar-refractivity contribution in [1.82, 2.24) is 14.7 Å². The summed E-state index contributed by atoms with van der Waals surface area (Å²) in [6.07, 6.45) is 5.06. The zero-order chi connectivity index (χ0) is 14.0. The Hall–Kier alpha value is -1.83. The van der Waals surface area contributed by atoms with Crippen molar-refractivity contribution < 1.29 is 4.79 Å². The third-order valence-electron chi connectivity index (χ3n) is 3.94. The van der Waals surface area contributed by atoms with E-state index in [4.69, 9.17) is 5.26 Å². The number of carbonyl (C=O) groups is 1. The van der Waals surface area contributed by atoms with Crippen LogP contribution in [0.1, 0.15) is 45.1 Å². The van der Waals surface area contributed by atoms with Gasteiger partial charge < -0.3 is 4.90 Å². The fourth-order valence-electron chi connectivity index (χ4n) is 2.58. The maximum absolute atomic E-state index is 11.5. The van der Waals surface area contributed by atoms with Crippen molar-refractivity contribution in [3.63, 3.8) is 0 Å². The Balaban J connectivity index is 2.30. The van der Waals surface area contributed by atoms with Crippen LogP contribution in [0.5, 0.6) is 0 Å². The fourth-order valence-corrected chi connectivity index (χ4v) is 2.58. The number of hydrogen-bond acceptors (Lipinski definition) is 3. The Kier molecular flexibility index (Phi) is 3.61. The van der Waals surface area contributed by atoms with Crippen LogP contribution in [0, 0.1) is 11.3 Å². The summed E-state index contributed by atoms with van der Waals surface area (Å²) in [7, 11) is 0. The molecule has 1 saturated heterocycles. The number of likely N-dealkylation sites (tertiary alicyclic amines) is 1. The van der Waals surface area contributed by atoms with Crippen LogP contribution in [0.15, 0.2) is 12.4 Å². The van der Waals surface area contributed by atoms with Gasteiger partial charge in [0.2, 0.25) is 5.91 Å². The maximum Gasteiger partial charge on any atom is 0.219 e. The molecule has 5 heteroatoms. The molecule has 0 N–H and O–H groups in total. The minimum Gasteiger partial charge on any atom is -0.340 e. The molecule has 0 spiro atoms. The second kappa shape index (κ2) is 5.04. The molecule has 2 heterocycles. The van der Waals surface area contributed by atoms with Crippen LogP contribution < -0.4 is 0 Å². The van der Waals surface area contributed by atoms with E-state index in [-0.39, 0.29) is 11.4 Å². The summed E-state index contributed by atoms with van der Waals surface area (Å²) in [6.45, 7) is 7.10. The highest BCUT2D eigenvalue weighted by Crippen LogP contribution is 2.32. The van der Waals surface area contributed by atoms with Gasteiger partial charge in [-0.15, -0.1) is 0 Å². The smallest absolute Gasteiger partial charge is 0.219 e. The molecule has 2 rings (SSSR count). The van der Waals surface area contributed by atoms with Gasteiger partial charge in [0.15, 0.2) is 0 Å². The lowest BCUT2D eigenvalue weighted by atomic mass is 9.95. The second-order valence-corrected chi connectivity index (χ2v) is 5.62. The number of rotatable bonds is 3. The van der Waals surface area contributed by atoms with E-state index in [1.165, 1.54) is 5.56 Å². The summed E-state index contributed by atoms with van der Waals surface area (Å²) in [6, 6.07) is 2.25. The van der Waals surface area contributed by atoms with Crippen LogP contribution in [0.3, 0.4) is 0 Å². The van der Waals surface area contributed by atoms with Crippen LogP contribution in [0.4, 0.5) is 0 Å². The molecule has 5 nitrogen and oxygen atoms in total. The predicted octanol–water partition coefficient (Wildman–Crippen LogP) is 1.87. The molecule has 1 unspecified atom stereocenters. The van der Waals surface area contributed by atoms with Crippen molar-refractivity contribution >= 4 is 5.91 Å². The predicted molar refractivity (Wildman–Crippen MR) is 71.4 cm³/mol. The molecule has 1 aliphatic heterocycles. The molecular weight excluding hydrogens is 240 g/mol. The number of hydrogen-bond donors (Lipinski definition) is 0. The second-order valence-electron chi connectivity index (χ2n) is 5.62. The zero-order valence-electron chi connectivity index (χ0n) is 11.8. The summed E-state index contributed by atoms with van der Waals surface area (Å²) in [5, 5.41) is 13.5. The van der Waals surface area contributed by atoms with Gasteiger partial charge in [-0.2, -0.15) is 10.4 Å². The Labute approximate surface area is 113 Å². The van der Waals surface area contributed by atoms with Gasteiger partial charge in [-0.25, -0.2) is 0 Å². The Morgan fingerprint density at radius 3 is 2.84 bits per heavy atom. The highest BCUT2D eigenvalue weighted by molar-refractivity contribution is 5.73. The molecule has 0 aromatic carbocycles. The van der Waals surface area contributed by atoms with Crippen LogP contribution in [0.25, 0.3) is 0 Å². The van der Waals surface area contributed by atoms with Crippen LogP contribution in [-0.4, -0.2) is 33.7 Å². The van der Waals surface area contributed by atoms with E-state index >= 15 is 0 Å². The van der Waals surface area contributed by atoms with Crippen LogP contribution in [0.2, 0.25) is 0 Å². The first-order valence-corrected chi connectivity index (χ1v) is 6.66. The van der Waals surface area contributed by atoms with Crippen molar-refractivity contribution in [1.29, 1.82) is 5.26 Å². The maximum atomic E-state index is 11.5. The molecule has 1 amide bonds. The van der Waals surface area contributed by atoms with E-state index in [9.17, 15) is 4.79 Å². The third-order valence-corrected chi connectivity index (χ3v) is 3.94. The van der Waals surface area contributed by atoms with Gasteiger partial charge in [0.05, 0.1) is 24.2 Å².